The quantitative estimate of drug-likeness (QED) is 0.659. The Hall–Kier alpha value is -0.0800. The molecule has 0 heterocycles. The molecule has 1 saturated carbocycles. The Kier molecular flexibility index (Phi) is 3.53. The van der Waals surface area contributed by atoms with Crippen molar-refractivity contribution in [3.63, 3.8) is 0 Å². The molecule has 0 aromatic heterocycles. The Balaban J connectivity index is 2.17. The first-order valence-electron chi connectivity index (χ1n) is 5.16. The number of hydrogen-bond donors (Lipinski definition) is 2. The molecule has 2 N–H and O–H groups in total. The van der Waals surface area contributed by atoms with Gasteiger partial charge in [-0.2, -0.15) is 0 Å². The Bertz CT molecular complexity index is 128. The van der Waals surface area contributed by atoms with Crippen molar-refractivity contribution in [3.8, 4) is 0 Å². The highest BCUT2D eigenvalue weighted by atomic mass is 16.3. The molecule has 0 spiro atoms. The molecule has 0 bridgehead atoms. The summed E-state index contributed by atoms with van der Waals surface area (Å²) >= 11 is 0. The third-order valence-corrected chi connectivity index (χ3v) is 3.14. The van der Waals surface area contributed by atoms with Gasteiger partial charge in [-0.05, 0) is 25.7 Å². The smallest absolute Gasteiger partial charge is 0.0766 e. The standard InChI is InChI=1S/C10H21NO/c1-3-10(12,4-2)8-11-9-6-5-7-9/h9,11-12H,3-8H2,1-2H3. The van der Waals surface area contributed by atoms with Gasteiger partial charge in [0.05, 0.1) is 5.60 Å². The third-order valence-electron chi connectivity index (χ3n) is 3.14. The minimum atomic E-state index is -0.463. The minimum Gasteiger partial charge on any atom is -0.389 e. The van der Waals surface area contributed by atoms with Gasteiger partial charge in [0.2, 0.25) is 0 Å². The second-order valence-corrected chi connectivity index (χ2v) is 3.94. The van der Waals surface area contributed by atoms with Gasteiger partial charge in [-0.25, -0.2) is 0 Å². The Morgan fingerprint density at radius 2 is 1.92 bits per heavy atom. The molecule has 0 aliphatic heterocycles. The van der Waals surface area contributed by atoms with Crippen molar-refractivity contribution < 1.29 is 5.11 Å². The van der Waals surface area contributed by atoms with E-state index in [1.807, 2.05) is 13.8 Å². The highest BCUT2D eigenvalue weighted by molar-refractivity contribution is 4.83. The molecular formula is C10H21NO. The topological polar surface area (TPSA) is 32.3 Å². The summed E-state index contributed by atoms with van der Waals surface area (Å²) in [6.45, 7) is 4.86. The van der Waals surface area contributed by atoms with Gasteiger partial charge in [0.15, 0.2) is 0 Å². The summed E-state index contributed by atoms with van der Waals surface area (Å²) < 4.78 is 0. The monoisotopic (exact) mass is 171 g/mol. The highest BCUT2D eigenvalue weighted by Gasteiger charge is 2.25. The molecule has 1 rings (SSSR count). The maximum atomic E-state index is 9.93. The first-order valence-corrected chi connectivity index (χ1v) is 5.16. The molecular weight excluding hydrogens is 150 g/mol. The number of nitrogens with one attached hydrogen (secondary N) is 1. The summed E-state index contributed by atoms with van der Waals surface area (Å²) in [4.78, 5) is 0. The number of aliphatic hydroxyl groups is 1. The van der Waals surface area contributed by atoms with Gasteiger partial charge < -0.3 is 10.4 Å². The zero-order chi connectivity index (χ0) is 9.03. The van der Waals surface area contributed by atoms with Crippen molar-refractivity contribution in [1.29, 1.82) is 0 Å². The van der Waals surface area contributed by atoms with Crippen LogP contribution in [-0.4, -0.2) is 23.3 Å². The molecule has 1 aliphatic carbocycles. The van der Waals surface area contributed by atoms with Crippen LogP contribution < -0.4 is 5.32 Å². The first-order chi connectivity index (χ1) is 5.70. The maximum absolute atomic E-state index is 9.93. The van der Waals surface area contributed by atoms with Crippen LogP contribution in [0, 0.1) is 0 Å². The van der Waals surface area contributed by atoms with Crippen molar-refractivity contribution in [2.45, 2.75) is 57.6 Å². The van der Waals surface area contributed by atoms with E-state index in [-0.39, 0.29) is 0 Å². The Labute approximate surface area is 75.4 Å². The van der Waals surface area contributed by atoms with Crippen LogP contribution in [0.25, 0.3) is 0 Å². The Morgan fingerprint density at radius 1 is 1.33 bits per heavy atom. The highest BCUT2D eigenvalue weighted by Crippen LogP contribution is 2.20. The van der Waals surface area contributed by atoms with Crippen molar-refractivity contribution in [2.75, 3.05) is 6.54 Å². The first kappa shape index (κ1) is 10.0. The molecule has 0 unspecified atom stereocenters. The van der Waals surface area contributed by atoms with E-state index in [9.17, 15) is 5.11 Å². The predicted octanol–water partition coefficient (Wildman–Crippen LogP) is 1.68. The fraction of sp³-hybridized carbons (Fsp3) is 1.00. The van der Waals surface area contributed by atoms with E-state index in [0.717, 1.165) is 19.4 Å². The van der Waals surface area contributed by atoms with Gasteiger partial charge in [0.25, 0.3) is 0 Å². The summed E-state index contributed by atoms with van der Waals surface area (Å²) in [6, 6.07) is 0.689. The zero-order valence-electron chi connectivity index (χ0n) is 8.27. The van der Waals surface area contributed by atoms with Gasteiger partial charge in [-0.3, -0.25) is 0 Å². The second-order valence-electron chi connectivity index (χ2n) is 3.94. The average molecular weight is 171 g/mol. The van der Waals surface area contributed by atoms with Gasteiger partial charge in [-0.15, -0.1) is 0 Å². The van der Waals surface area contributed by atoms with E-state index >= 15 is 0 Å². The molecule has 1 fully saturated rings. The number of rotatable bonds is 5. The minimum absolute atomic E-state index is 0.463. The molecule has 0 radical (unpaired) electrons. The van der Waals surface area contributed by atoms with E-state index in [0.29, 0.717) is 6.04 Å². The van der Waals surface area contributed by atoms with Crippen molar-refractivity contribution in [2.24, 2.45) is 0 Å². The van der Waals surface area contributed by atoms with Crippen LogP contribution >= 0.6 is 0 Å². The third kappa shape index (κ3) is 2.46. The predicted molar refractivity (Wildman–Crippen MR) is 51.2 cm³/mol. The van der Waals surface area contributed by atoms with E-state index in [1.165, 1.54) is 19.3 Å². The van der Waals surface area contributed by atoms with E-state index in [4.69, 9.17) is 0 Å². The molecule has 0 saturated heterocycles. The fourth-order valence-corrected chi connectivity index (χ4v) is 1.45. The van der Waals surface area contributed by atoms with Crippen LogP contribution in [0.1, 0.15) is 46.0 Å². The molecule has 0 atom stereocenters. The normalized spacial score (nSPS) is 19.2. The molecule has 12 heavy (non-hydrogen) atoms. The molecule has 0 amide bonds. The molecule has 0 aromatic carbocycles. The van der Waals surface area contributed by atoms with Crippen LogP contribution in [0.15, 0.2) is 0 Å². The average Bonchev–Trinajstić information content (AvgIpc) is 2.01. The van der Waals surface area contributed by atoms with Crippen molar-refractivity contribution in [1.82, 2.24) is 5.32 Å². The van der Waals surface area contributed by atoms with E-state index in [1.54, 1.807) is 0 Å². The largest absolute Gasteiger partial charge is 0.389 e. The molecule has 72 valence electrons. The molecule has 1 aliphatic rings. The molecule has 2 nitrogen and oxygen atoms in total. The van der Waals surface area contributed by atoms with Crippen LogP contribution in [-0.2, 0) is 0 Å². The summed E-state index contributed by atoms with van der Waals surface area (Å²) in [5.74, 6) is 0. The summed E-state index contributed by atoms with van der Waals surface area (Å²) in [5, 5.41) is 13.3. The van der Waals surface area contributed by atoms with Crippen molar-refractivity contribution >= 4 is 0 Å². The summed E-state index contributed by atoms with van der Waals surface area (Å²) in [5.41, 5.74) is -0.463. The lowest BCUT2D eigenvalue weighted by atomic mass is 9.91. The number of hydrogen-bond acceptors (Lipinski definition) is 2. The van der Waals surface area contributed by atoms with Crippen LogP contribution in [0.4, 0.5) is 0 Å². The SMILES string of the molecule is CCC(O)(CC)CNC1CCC1. The molecule has 0 aromatic rings. The van der Waals surface area contributed by atoms with Crippen molar-refractivity contribution in [3.05, 3.63) is 0 Å². The summed E-state index contributed by atoms with van der Waals surface area (Å²) in [7, 11) is 0. The van der Waals surface area contributed by atoms with Crippen LogP contribution in [0.2, 0.25) is 0 Å². The van der Waals surface area contributed by atoms with Gasteiger partial charge in [0, 0.05) is 12.6 Å². The Morgan fingerprint density at radius 3 is 2.25 bits per heavy atom. The van der Waals surface area contributed by atoms with Gasteiger partial charge in [-0.1, -0.05) is 20.3 Å². The van der Waals surface area contributed by atoms with Crippen LogP contribution in [0.3, 0.4) is 0 Å². The molecule has 2 heteroatoms. The van der Waals surface area contributed by atoms with E-state index < -0.39 is 5.60 Å². The second kappa shape index (κ2) is 4.24. The lowest BCUT2D eigenvalue weighted by Crippen LogP contribution is -2.46. The lowest BCUT2D eigenvalue weighted by molar-refractivity contribution is 0.0271. The van der Waals surface area contributed by atoms with Gasteiger partial charge >= 0.3 is 0 Å². The lowest BCUT2D eigenvalue weighted by Gasteiger charge is -2.32. The van der Waals surface area contributed by atoms with Gasteiger partial charge in [0.1, 0.15) is 0 Å². The fourth-order valence-electron chi connectivity index (χ4n) is 1.45. The zero-order valence-corrected chi connectivity index (χ0v) is 8.27. The van der Waals surface area contributed by atoms with Crippen LogP contribution in [0.5, 0.6) is 0 Å². The maximum Gasteiger partial charge on any atom is 0.0766 e. The van der Waals surface area contributed by atoms with E-state index in [2.05, 4.69) is 5.32 Å². The summed E-state index contributed by atoms with van der Waals surface area (Å²) in [6.07, 6.45) is 5.65.